The van der Waals surface area contributed by atoms with Crippen LogP contribution in [0, 0.1) is 6.92 Å². The van der Waals surface area contributed by atoms with Crippen LogP contribution in [0.1, 0.15) is 15.9 Å². The molecule has 16 heavy (non-hydrogen) atoms. The Labute approximate surface area is 107 Å². The Kier molecular flexibility index (Phi) is 3.26. The van der Waals surface area contributed by atoms with Crippen LogP contribution in [0.4, 0.5) is 0 Å². The first-order valence-corrected chi connectivity index (χ1v) is 6.28. The van der Waals surface area contributed by atoms with Crippen LogP contribution in [0.15, 0.2) is 24.3 Å². The van der Waals surface area contributed by atoms with E-state index in [9.17, 15) is 4.79 Å². The molecule has 0 aliphatic heterocycles. The van der Waals surface area contributed by atoms with Gasteiger partial charge in [-0.1, -0.05) is 39.2 Å². The molecule has 0 atom stereocenters. The van der Waals surface area contributed by atoms with Crippen LogP contribution in [0.2, 0.25) is 5.15 Å². The highest BCUT2D eigenvalue weighted by atomic mass is 79.9. The molecular formula is C12H9BrClNO. The van der Waals surface area contributed by atoms with Crippen molar-refractivity contribution in [2.24, 2.45) is 0 Å². The molecule has 2 rings (SSSR count). The van der Waals surface area contributed by atoms with E-state index in [4.69, 9.17) is 11.6 Å². The van der Waals surface area contributed by atoms with E-state index in [1.54, 1.807) is 6.07 Å². The minimum Gasteiger partial charge on any atom is -0.293 e. The fourth-order valence-corrected chi connectivity index (χ4v) is 2.11. The molecule has 2 nitrogen and oxygen atoms in total. The van der Waals surface area contributed by atoms with Crippen molar-refractivity contribution in [3.8, 4) is 0 Å². The van der Waals surface area contributed by atoms with Crippen molar-refractivity contribution in [3.63, 3.8) is 0 Å². The Morgan fingerprint density at radius 1 is 1.44 bits per heavy atom. The van der Waals surface area contributed by atoms with E-state index in [0.717, 1.165) is 16.5 Å². The highest BCUT2D eigenvalue weighted by Gasteiger charge is 2.11. The normalized spacial score (nSPS) is 10.7. The molecule has 0 saturated heterocycles. The minimum absolute atomic E-state index is 0.0138. The fraction of sp³-hybridized carbons (Fsp3) is 0.167. The lowest BCUT2D eigenvalue weighted by Gasteiger charge is -2.05. The van der Waals surface area contributed by atoms with Gasteiger partial charge in [0.25, 0.3) is 0 Å². The van der Waals surface area contributed by atoms with Gasteiger partial charge in [-0.25, -0.2) is 4.98 Å². The second-order valence-corrected chi connectivity index (χ2v) is 4.52. The summed E-state index contributed by atoms with van der Waals surface area (Å²) in [5, 5.41) is 1.49. The first-order valence-electron chi connectivity index (χ1n) is 4.78. The summed E-state index contributed by atoms with van der Waals surface area (Å²) in [4.78, 5) is 15.9. The Bertz CT molecular complexity index is 568. The predicted molar refractivity (Wildman–Crippen MR) is 69.6 cm³/mol. The summed E-state index contributed by atoms with van der Waals surface area (Å²) in [5.74, 6) is 0.0138. The summed E-state index contributed by atoms with van der Waals surface area (Å²) in [6, 6.07) is 7.40. The van der Waals surface area contributed by atoms with Gasteiger partial charge >= 0.3 is 0 Å². The van der Waals surface area contributed by atoms with Crippen LogP contribution in [0.5, 0.6) is 0 Å². The molecule has 1 aromatic carbocycles. The number of ketones is 1. The quantitative estimate of drug-likeness (QED) is 0.480. The van der Waals surface area contributed by atoms with Crippen molar-refractivity contribution < 1.29 is 4.79 Å². The summed E-state index contributed by atoms with van der Waals surface area (Å²) in [7, 11) is 0. The Hall–Kier alpha value is -0.930. The monoisotopic (exact) mass is 297 g/mol. The van der Waals surface area contributed by atoms with Crippen molar-refractivity contribution in [1.82, 2.24) is 4.98 Å². The second kappa shape index (κ2) is 4.52. The van der Waals surface area contributed by atoms with Crippen LogP contribution in [-0.2, 0) is 0 Å². The molecule has 2 aromatic rings. The van der Waals surface area contributed by atoms with E-state index in [0.29, 0.717) is 10.7 Å². The molecule has 0 N–H and O–H groups in total. The van der Waals surface area contributed by atoms with Gasteiger partial charge in [0.2, 0.25) is 0 Å². The van der Waals surface area contributed by atoms with Crippen LogP contribution >= 0.6 is 27.5 Å². The molecule has 0 aliphatic carbocycles. The number of Topliss-reactive ketones (excluding diaryl/α,β-unsaturated/α-hetero) is 1. The number of nitrogens with zero attached hydrogens (tertiary/aromatic N) is 1. The molecule has 0 spiro atoms. The zero-order chi connectivity index (χ0) is 11.7. The molecule has 0 saturated carbocycles. The van der Waals surface area contributed by atoms with E-state index < -0.39 is 0 Å². The number of fused-ring (bicyclic) bond motifs is 1. The summed E-state index contributed by atoms with van der Waals surface area (Å²) < 4.78 is 0. The molecular weight excluding hydrogens is 289 g/mol. The van der Waals surface area contributed by atoms with Crippen LogP contribution in [-0.4, -0.2) is 16.1 Å². The van der Waals surface area contributed by atoms with E-state index >= 15 is 0 Å². The van der Waals surface area contributed by atoms with Gasteiger partial charge in [0, 0.05) is 10.9 Å². The highest BCUT2D eigenvalue weighted by molar-refractivity contribution is 9.09. The summed E-state index contributed by atoms with van der Waals surface area (Å²) in [6.45, 7) is 1.98. The maximum Gasteiger partial charge on any atom is 0.174 e. The molecule has 1 heterocycles. The molecule has 82 valence electrons. The van der Waals surface area contributed by atoms with Crippen LogP contribution < -0.4 is 0 Å². The van der Waals surface area contributed by atoms with E-state index in [-0.39, 0.29) is 11.1 Å². The molecule has 1 aromatic heterocycles. The number of aryl methyl sites for hydroxylation is 1. The molecule has 0 fully saturated rings. The molecule has 0 amide bonds. The molecule has 0 unspecified atom stereocenters. The Morgan fingerprint density at radius 2 is 2.19 bits per heavy atom. The lowest BCUT2D eigenvalue weighted by Crippen LogP contribution is -2.02. The molecule has 0 bridgehead atoms. The van der Waals surface area contributed by atoms with Crippen molar-refractivity contribution in [2.45, 2.75) is 6.92 Å². The third-order valence-electron chi connectivity index (χ3n) is 2.35. The first-order chi connectivity index (χ1) is 7.61. The van der Waals surface area contributed by atoms with Crippen molar-refractivity contribution >= 4 is 44.2 Å². The van der Waals surface area contributed by atoms with Gasteiger partial charge in [0.15, 0.2) is 5.78 Å². The number of alkyl halides is 1. The average Bonchev–Trinajstić information content (AvgIpc) is 2.27. The van der Waals surface area contributed by atoms with Crippen LogP contribution in [0.25, 0.3) is 10.9 Å². The number of pyridine rings is 1. The van der Waals surface area contributed by atoms with Crippen molar-refractivity contribution in [1.29, 1.82) is 0 Å². The van der Waals surface area contributed by atoms with Gasteiger partial charge in [-0.05, 0) is 25.1 Å². The van der Waals surface area contributed by atoms with E-state index in [2.05, 4.69) is 20.9 Å². The van der Waals surface area contributed by atoms with Gasteiger partial charge in [0.05, 0.1) is 10.8 Å². The second-order valence-electron chi connectivity index (χ2n) is 3.57. The smallest absolute Gasteiger partial charge is 0.174 e. The highest BCUT2D eigenvalue weighted by Crippen LogP contribution is 2.23. The summed E-state index contributed by atoms with van der Waals surface area (Å²) in [6.07, 6.45) is 0. The van der Waals surface area contributed by atoms with E-state index in [1.807, 2.05) is 25.1 Å². The van der Waals surface area contributed by atoms with Gasteiger partial charge in [0.1, 0.15) is 5.15 Å². The number of carbonyl (C=O) groups is 1. The molecule has 4 heteroatoms. The molecule has 0 radical (unpaired) electrons. The number of aromatic nitrogens is 1. The third kappa shape index (κ3) is 2.11. The van der Waals surface area contributed by atoms with Gasteiger partial charge < -0.3 is 0 Å². The Morgan fingerprint density at radius 3 is 2.88 bits per heavy atom. The fourth-order valence-electron chi connectivity index (χ4n) is 1.61. The molecule has 0 aliphatic rings. The number of rotatable bonds is 2. The number of halogens is 2. The van der Waals surface area contributed by atoms with Crippen molar-refractivity contribution in [3.05, 3.63) is 40.5 Å². The van der Waals surface area contributed by atoms with Gasteiger partial charge in [-0.3, -0.25) is 4.79 Å². The number of hydrogen-bond donors (Lipinski definition) is 0. The standard InChI is InChI=1S/C12H9BrClNO/c1-7-2-3-10-8(4-7)9(11(16)6-13)5-12(14)15-10/h2-5H,6H2,1H3. The zero-order valence-corrected chi connectivity index (χ0v) is 11.0. The lowest BCUT2D eigenvalue weighted by molar-refractivity contribution is 0.102. The lowest BCUT2D eigenvalue weighted by atomic mass is 10.0. The van der Waals surface area contributed by atoms with E-state index in [1.165, 1.54) is 0 Å². The SMILES string of the molecule is Cc1ccc2nc(Cl)cc(C(=O)CBr)c2c1. The van der Waals surface area contributed by atoms with Crippen molar-refractivity contribution in [2.75, 3.05) is 5.33 Å². The number of carbonyl (C=O) groups excluding carboxylic acids is 1. The minimum atomic E-state index is 0.0138. The van der Waals surface area contributed by atoms with Gasteiger partial charge in [-0.2, -0.15) is 0 Å². The maximum absolute atomic E-state index is 11.8. The summed E-state index contributed by atoms with van der Waals surface area (Å²) >= 11 is 9.05. The maximum atomic E-state index is 11.8. The largest absolute Gasteiger partial charge is 0.293 e. The van der Waals surface area contributed by atoms with Crippen LogP contribution in [0.3, 0.4) is 0 Å². The first kappa shape index (κ1) is 11.6. The summed E-state index contributed by atoms with van der Waals surface area (Å²) in [5.41, 5.74) is 2.47. The van der Waals surface area contributed by atoms with Gasteiger partial charge in [-0.15, -0.1) is 0 Å². The average molecular weight is 299 g/mol. The number of hydrogen-bond acceptors (Lipinski definition) is 2. The third-order valence-corrected chi connectivity index (χ3v) is 3.06. The topological polar surface area (TPSA) is 30.0 Å². The number of benzene rings is 1. The Balaban J connectivity index is 2.79. The predicted octanol–water partition coefficient (Wildman–Crippen LogP) is 3.77. The zero-order valence-electron chi connectivity index (χ0n) is 8.63.